The lowest BCUT2D eigenvalue weighted by Gasteiger charge is -2.46. The summed E-state index contributed by atoms with van der Waals surface area (Å²) < 4.78 is 66.9. The Hall–Kier alpha value is -7.61. The van der Waals surface area contributed by atoms with Gasteiger partial charge in [-0.25, -0.2) is 9.59 Å². The van der Waals surface area contributed by atoms with Crippen LogP contribution in [0.2, 0.25) is 0 Å². The van der Waals surface area contributed by atoms with Gasteiger partial charge in [0, 0.05) is 122 Å². The third-order valence-electron chi connectivity index (χ3n) is 25.0. The number of carbonyl (C=O) groups is 12. The number of anilines is 1. The van der Waals surface area contributed by atoms with Crippen LogP contribution >= 0.6 is 67.7 Å². The molecule has 5 heterocycles. The third kappa shape index (κ3) is 31.7. The number of hydrogen-bond donors (Lipinski definition) is 11. The molecule has 2 aromatic rings. The predicted octanol–water partition coefficient (Wildman–Crippen LogP) is 8.70. The number of thioether (sulfide) groups is 2. The van der Waals surface area contributed by atoms with Gasteiger partial charge in [-0.05, 0) is 176 Å². The zero-order valence-corrected chi connectivity index (χ0v) is 85.5. The number of aliphatic hydroxyl groups is 5. The van der Waals surface area contributed by atoms with Gasteiger partial charge in [0.05, 0.1) is 89.8 Å². The first-order valence-corrected chi connectivity index (χ1v) is 51.7. The van der Waals surface area contributed by atoms with Crippen molar-refractivity contribution in [1.82, 2.24) is 26.3 Å². The maximum atomic E-state index is 14.6. The van der Waals surface area contributed by atoms with Crippen molar-refractivity contribution >= 4 is 143 Å². The van der Waals surface area contributed by atoms with Gasteiger partial charge in [-0.3, -0.25) is 52.9 Å². The van der Waals surface area contributed by atoms with Crippen LogP contribution in [0.15, 0.2) is 59.2 Å². The maximum Gasteiger partial charge on any atom is 0.407 e. The van der Waals surface area contributed by atoms with E-state index in [-0.39, 0.29) is 188 Å². The lowest BCUT2D eigenvalue weighted by atomic mass is 9.72. The fourth-order valence-corrected chi connectivity index (χ4v) is 22.1. The van der Waals surface area contributed by atoms with Crippen molar-refractivity contribution in [3.63, 3.8) is 0 Å². The molecule has 0 radical (unpaired) electrons. The molecule has 7 amide bonds. The van der Waals surface area contributed by atoms with Crippen LogP contribution in [0.5, 0.6) is 11.5 Å². The predicted molar refractivity (Wildman–Crippen MR) is 520 cm³/mol. The van der Waals surface area contributed by atoms with E-state index in [1.54, 1.807) is 85.1 Å². The molecule has 0 spiro atoms. The van der Waals surface area contributed by atoms with Crippen LogP contribution in [0, 0.1) is 64.8 Å². The largest absolute Gasteiger partial charge is 0.496 e. The van der Waals surface area contributed by atoms with E-state index >= 15 is 0 Å². The van der Waals surface area contributed by atoms with E-state index in [9.17, 15) is 83.1 Å². The van der Waals surface area contributed by atoms with E-state index in [4.69, 9.17) is 62.7 Å². The summed E-state index contributed by atoms with van der Waals surface area (Å²) in [5, 5.41) is 68.4. The van der Waals surface area contributed by atoms with Gasteiger partial charge in [0.15, 0.2) is 36.0 Å². The van der Waals surface area contributed by atoms with E-state index in [0.717, 1.165) is 18.9 Å². The lowest BCUT2D eigenvalue weighted by Crippen LogP contribution is -2.64. The van der Waals surface area contributed by atoms with Crippen molar-refractivity contribution in [3.05, 3.63) is 85.0 Å². The summed E-state index contributed by atoms with van der Waals surface area (Å²) in [4.78, 5) is 166. The van der Waals surface area contributed by atoms with Gasteiger partial charge in [0.2, 0.25) is 35.0 Å². The number of ketones is 4. The number of nitrogens with zero attached hydrogens (tertiary/aromatic N) is 1. The Balaban J connectivity index is 0.785. The number of nitrogens with two attached hydrogens (primary N) is 1. The van der Waals surface area contributed by atoms with Crippen molar-refractivity contribution in [2.24, 2.45) is 29.4 Å². The van der Waals surface area contributed by atoms with Crippen molar-refractivity contribution in [2.75, 3.05) is 64.9 Å². The minimum atomic E-state index is -2.19. The number of halogens is 1. The number of alkyl carbamates (subject to hydrolysis) is 1. The second kappa shape index (κ2) is 53.5. The van der Waals surface area contributed by atoms with Gasteiger partial charge in [-0.2, -0.15) is 17.2 Å². The normalized spacial score (nSPS) is 28.2. The molecule has 5 aliphatic heterocycles. The van der Waals surface area contributed by atoms with E-state index in [1.165, 1.54) is 71.5 Å². The van der Waals surface area contributed by atoms with E-state index in [1.807, 2.05) is 43.4 Å². The molecular formula is C96H132IN7O29S4. The molecular weight excluding hydrogens is 1970 g/mol. The number of methoxy groups -OCH3 is 3. The fraction of sp³-hybridized carbons (Fsp3) is 0.646. The van der Waals surface area contributed by atoms with Gasteiger partial charge in [0.25, 0.3) is 0 Å². The molecule has 756 valence electrons. The Kier molecular flexibility index (Phi) is 44.1. The molecule has 0 saturated carbocycles. The molecule has 5 fully saturated rings. The highest BCUT2D eigenvalue weighted by atomic mass is 127. The highest BCUT2D eigenvalue weighted by Crippen LogP contribution is 2.47. The quantitative estimate of drug-likeness (QED) is 0.00561. The van der Waals surface area contributed by atoms with Crippen molar-refractivity contribution < 1.29 is 140 Å². The molecule has 5 saturated heterocycles. The number of esters is 1. The molecule has 2 bridgehead atoms. The second-order valence-electron chi connectivity index (χ2n) is 36.3. The summed E-state index contributed by atoms with van der Waals surface area (Å²) in [5.41, 5.74) is 8.05. The number of imide groups is 1. The van der Waals surface area contributed by atoms with Crippen molar-refractivity contribution in [3.8, 4) is 35.2 Å². The van der Waals surface area contributed by atoms with Crippen LogP contribution in [0.3, 0.4) is 0 Å². The van der Waals surface area contributed by atoms with Crippen molar-refractivity contribution in [2.45, 2.75) is 311 Å². The SMILES string of the molecule is COC(=O)CC1=C2/C(=C/CSSC(C)(C)CCC(=O)CCCNC(=O)OCc3ccc(NC(=O)[C@H](CCCNC(N)=O)CC(=O)[C@@H](NC(=O)CCCCCN4C(=O)CC(SC)C4=O)C(C)C)cc3)[C@](O)(C#C/C=C\C#C[C@@H]2OC2OC(C)C(NOC3CC(O)C(SC(=O)c4c(C)c(I)c(OC5OC(C)C(O)C(OC)C5O)c(C)c4OC)C(C)O3)C(O)C2OC2CC(C)C(CC(C)=O)CO2)CC1=O. The number of unbranched alkanes of at least 4 members (excludes halogenated alkanes) is 2. The average molecular weight is 2100 g/mol. The summed E-state index contributed by atoms with van der Waals surface area (Å²) in [6, 6.07) is 3.73. The molecule has 12 N–H and O–H groups in total. The molecule has 22 atom stereocenters. The molecule has 2 aromatic carbocycles. The zero-order valence-electron chi connectivity index (χ0n) is 80.1. The van der Waals surface area contributed by atoms with Crippen LogP contribution in [0.25, 0.3) is 0 Å². The lowest BCUT2D eigenvalue weighted by molar-refractivity contribution is -0.335. The molecule has 137 heavy (non-hydrogen) atoms. The number of amides is 7. The second-order valence-corrected chi connectivity index (χ2v) is 42.6. The van der Waals surface area contributed by atoms with Crippen LogP contribution in [-0.2, 0) is 97.2 Å². The zero-order chi connectivity index (χ0) is 100. The summed E-state index contributed by atoms with van der Waals surface area (Å²) in [5.74, 6) is 7.74. The number of Topliss-reactive ketones (excluding diaryl/α,β-unsaturated/α-hetero) is 4. The molecule has 9 rings (SSSR count). The standard InChI is InChI=1S/C96H132IN7O29S4/c1-50(2)78(102-70(110)28-20-18-22-39-104-71(111)46-69(134-15)89(104)117)65(107)43-59(25-23-37-99-93(98)119)88(116)101-61-31-29-58(30-32-61)48-126-94(120)100-38-24-26-62(106)33-36-95(10,11)137-135-40-34-64-76-63(44-72(112)122-12)67(109)47-96(64,121)35-21-17-16-19-27-68(76)130-92-86(131-73-41-51(3)60(49-125-73)42-52(4)105)81(114)79(55(7)128-92)103-133-74-45-66(108)87(57(9)127-74)136-90(118)75-53(5)77(97)84(54(6)83(75)123-13)132-91-82(115)85(124-14)80(113)56(8)129-91/h16-17,29-32,34,50-51,55-57,59-60,66,68-69,73-74,78-82,85-87,91-92,103,108,113-115,121H,18,20,22-26,28,33,36-49H2,1-15H3,(H,100,120)(H,101,116)(H,102,110)(H3,98,99,119)/b17-16-,64-34-/t51?,55?,56?,57?,59-,60?,66?,68+,69?,73?,74?,78+,79?,80?,81?,82?,85?,86?,87?,91?,92?,96+/m1/s1. The van der Waals surface area contributed by atoms with Gasteiger partial charge >= 0.3 is 18.1 Å². The molecule has 36 nitrogen and oxygen atoms in total. The Labute approximate surface area is 829 Å². The van der Waals surface area contributed by atoms with Crippen molar-refractivity contribution in [1.29, 1.82) is 0 Å². The summed E-state index contributed by atoms with van der Waals surface area (Å²) >= 11 is 4.23. The Bertz CT molecular complexity index is 4830. The molecule has 18 unspecified atom stereocenters. The third-order valence-corrected chi connectivity index (χ3v) is 31.8. The minimum absolute atomic E-state index is 0.0109. The number of hydroxylamine groups is 1. The smallest absolute Gasteiger partial charge is 0.407 e. The van der Waals surface area contributed by atoms with Crippen LogP contribution in [-0.4, -0.2) is 279 Å². The summed E-state index contributed by atoms with van der Waals surface area (Å²) in [7, 11) is 6.77. The van der Waals surface area contributed by atoms with Crippen LogP contribution in [0.1, 0.15) is 199 Å². The maximum absolute atomic E-state index is 14.6. The highest BCUT2D eigenvalue weighted by molar-refractivity contribution is 14.1. The number of carbonyl (C=O) groups excluding carboxylic acids is 12. The van der Waals surface area contributed by atoms with Crippen LogP contribution < -0.4 is 42.0 Å². The number of primary amides is 1. The number of urea groups is 1. The highest BCUT2D eigenvalue weighted by Gasteiger charge is 2.53. The molecule has 41 heteroatoms. The summed E-state index contributed by atoms with van der Waals surface area (Å²) in [6.07, 6.45) is -8.97. The first-order chi connectivity index (χ1) is 65.0. The molecule has 0 aromatic heterocycles. The number of likely N-dealkylation sites (tertiary alicyclic amines) is 1. The number of benzene rings is 2. The molecule has 2 aliphatic carbocycles. The first kappa shape index (κ1) is 113. The van der Waals surface area contributed by atoms with Crippen LogP contribution in [0.4, 0.5) is 15.3 Å². The van der Waals surface area contributed by atoms with E-state index in [2.05, 4.69) is 50.4 Å². The van der Waals surface area contributed by atoms with E-state index in [0.29, 0.717) is 64.5 Å². The van der Waals surface area contributed by atoms with Gasteiger partial charge in [0.1, 0.15) is 66.3 Å². The van der Waals surface area contributed by atoms with Gasteiger partial charge < -0.3 is 109 Å². The Morgan fingerprint density at radius 2 is 1.53 bits per heavy atom. The average Bonchev–Trinajstić information content (AvgIpc) is 1.03. The van der Waals surface area contributed by atoms with E-state index < -0.39 is 168 Å². The summed E-state index contributed by atoms with van der Waals surface area (Å²) in [6.45, 7) is 19.8. The number of ether oxygens (including phenoxy) is 11. The van der Waals surface area contributed by atoms with Gasteiger partial charge in [-0.1, -0.05) is 102 Å². The Morgan fingerprint density at radius 1 is 0.810 bits per heavy atom. The number of fused-ring (bicyclic) bond motifs is 2. The fourth-order valence-electron chi connectivity index (χ4n) is 17.1. The number of rotatable bonds is 48. The first-order valence-electron chi connectivity index (χ1n) is 46.1. The Morgan fingerprint density at radius 3 is 2.19 bits per heavy atom. The number of hydrogen-bond acceptors (Lipinski definition) is 34. The minimum Gasteiger partial charge on any atom is -0.496 e. The topological polar surface area (TPSA) is 506 Å². The number of allylic oxidation sites excluding steroid dienone is 2. The van der Waals surface area contributed by atoms with Gasteiger partial charge in [-0.15, -0.1) is 0 Å². The number of nitrogens with one attached hydrogen (secondary N) is 5. The number of aliphatic hydroxyl groups excluding tert-OH is 4. The molecule has 7 aliphatic rings. The monoisotopic (exact) mass is 2100 g/mol.